The van der Waals surface area contributed by atoms with Gasteiger partial charge in [-0.25, -0.2) is 0 Å². The summed E-state index contributed by atoms with van der Waals surface area (Å²) in [6.45, 7) is 14.7. The molecule has 1 unspecified atom stereocenters. The van der Waals surface area contributed by atoms with E-state index in [1.54, 1.807) is 0 Å². The zero-order valence-electron chi connectivity index (χ0n) is 18.6. The number of rotatable bonds is 8. The molecule has 2 N–H and O–H groups in total. The second kappa shape index (κ2) is 10.8. The summed E-state index contributed by atoms with van der Waals surface area (Å²) in [7, 11) is 4.25. The van der Waals surface area contributed by atoms with Gasteiger partial charge >= 0.3 is 0 Å². The molecule has 1 fully saturated rings. The molecule has 1 aromatic carbocycles. The largest absolute Gasteiger partial charge is 0.379 e. The smallest absolute Gasteiger partial charge is 0.191 e. The number of hydrogen-bond donors (Lipinski definition) is 2. The second-order valence-electron chi connectivity index (χ2n) is 8.38. The molecule has 1 aromatic rings. The summed E-state index contributed by atoms with van der Waals surface area (Å²) in [6, 6.07) is 9.07. The van der Waals surface area contributed by atoms with Gasteiger partial charge in [-0.1, -0.05) is 29.8 Å². The van der Waals surface area contributed by atoms with Crippen LogP contribution in [0.2, 0.25) is 0 Å². The van der Waals surface area contributed by atoms with E-state index in [-0.39, 0.29) is 11.6 Å². The molecule has 0 spiro atoms. The van der Waals surface area contributed by atoms with Crippen LogP contribution in [0.4, 0.5) is 0 Å². The second-order valence-corrected chi connectivity index (χ2v) is 8.38. The van der Waals surface area contributed by atoms with Crippen LogP contribution in [0.3, 0.4) is 0 Å². The number of nitrogens with one attached hydrogen (secondary N) is 2. The van der Waals surface area contributed by atoms with Gasteiger partial charge in [0.15, 0.2) is 5.96 Å². The zero-order valence-corrected chi connectivity index (χ0v) is 18.6. The van der Waals surface area contributed by atoms with Gasteiger partial charge in [0, 0.05) is 31.7 Å². The Balaban J connectivity index is 2.01. The van der Waals surface area contributed by atoms with E-state index in [4.69, 9.17) is 9.73 Å². The molecular weight excluding hydrogens is 350 g/mol. The molecule has 0 amide bonds. The van der Waals surface area contributed by atoms with E-state index >= 15 is 0 Å². The number of aryl methyl sites for hydroxylation is 1. The molecule has 1 aliphatic heterocycles. The van der Waals surface area contributed by atoms with E-state index in [1.807, 2.05) is 0 Å². The molecule has 0 saturated carbocycles. The Hall–Kier alpha value is -1.63. The normalized spacial score (nSPS) is 17.6. The SMILES string of the molecule is CCNC(=NCC(C)(C)N1CCOCC1)NCC(c1ccc(C)cc1)N(C)C. The predicted molar refractivity (Wildman–Crippen MR) is 118 cm³/mol. The van der Waals surface area contributed by atoms with Crippen molar-refractivity contribution in [3.63, 3.8) is 0 Å². The van der Waals surface area contributed by atoms with Gasteiger partial charge in [0.25, 0.3) is 0 Å². The van der Waals surface area contributed by atoms with Crippen LogP contribution >= 0.6 is 0 Å². The first kappa shape index (κ1) is 22.7. The van der Waals surface area contributed by atoms with Crippen molar-refractivity contribution in [3.05, 3.63) is 35.4 Å². The molecule has 1 atom stereocenters. The fraction of sp³-hybridized carbons (Fsp3) is 0.682. The molecule has 0 aliphatic carbocycles. The summed E-state index contributed by atoms with van der Waals surface area (Å²) < 4.78 is 5.49. The van der Waals surface area contributed by atoms with Crippen LogP contribution < -0.4 is 10.6 Å². The predicted octanol–water partition coefficient (Wildman–Crippen LogP) is 2.26. The highest BCUT2D eigenvalue weighted by molar-refractivity contribution is 5.79. The lowest BCUT2D eigenvalue weighted by molar-refractivity contribution is -0.00684. The minimum Gasteiger partial charge on any atom is -0.379 e. The van der Waals surface area contributed by atoms with Crippen LogP contribution in [-0.2, 0) is 4.74 Å². The van der Waals surface area contributed by atoms with Gasteiger partial charge in [0.05, 0.1) is 25.8 Å². The third-order valence-corrected chi connectivity index (χ3v) is 5.38. The fourth-order valence-electron chi connectivity index (χ4n) is 3.46. The number of likely N-dealkylation sites (N-methyl/N-ethyl adjacent to an activating group) is 1. The van der Waals surface area contributed by atoms with Gasteiger partial charge in [-0.15, -0.1) is 0 Å². The van der Waals surface area contributed by atoms with E-state index in [2.05, 4.69) is 86.5 Å². The molecule has 0 aromatic heterocycles. The standard InChI is InChI=1S/C22H39N5O/c1-7-23-21(25-17-22(3,4)27-12-14-28-15-13-27)24-16-20(26(5)6)19-10-8-18(2)9-11-19/h8-11,20H,7,12-17H2,1-6H3,(H2,23,24,25). The highest BCUT2D eigenvalue weighted by atomic mass is 16.5. The quantitative estimate of drug-likeness (QED) is 0.528. The van der Waals surface area contributed by atoms with Crippen LogP contribution in [0.15, 0.2) is 29.3 Å². The van der Waals surface area contributed by atoms with E-state index in [0.717, 1.165) is 51.9 Å². The molecule has 2 rings (SSSR count). The first-order valence-electron chi connectivity index (χ1n) is 10.4. The third kappa shape index (κ3) is 6.76. The maximum Gasteiger partial charge on any atom is 0.191 e. The summed E-state index contributed by atoms with van der Waals surface area (Å²) in [5.74, 6) is 0.878. The van der Waals surface area contributed by atoms with E-state index in [0.29, 0.717) is 0 Å². The van der Waals surface area contributed by atoms with Crippen molar-refractivity contribution in [2.75, 3.05) is 60.0 Å². The van der Waals surface area contributed by atoms with Crippen LogP contribution in [0.1, 0.15) is 37.9 Å². The Kier molecular flexibility index (Phi) is 8.73. The maximum absolute atomic E-state index is 5.49. The molecule has 6 nitrogen and oxygen atoms in total. The van der Waals surface area contributed by atoms with Crippen molar-refractivity contribution in [2.24, 2.45) is 4.99 Å². The minimum atomic E-state index is 0.0179. The lowest BCUT2D eigenvalue weighted by Crippen LogP contribution is -2.52. The number of ether oxygens (including phenoxy) is 1. The highest BCUT2D eigenvalue weighted by Gasteiger charge is 2.28. The van der Waals surface area contributed by atoms with Crippen molar-refractivity contribution in [1.82, 2.24) is 20.4 Å². The summed E-state index contributed by atoms with van der Waals surface area (Å²) in [5, 5.41) is 6.93. The molecule has 28 heavy (non-hydrogen) atoms. The zero-order chi connectivity index (χ0) is 20.6. The highest BCUT2D eigenvalue weighted by Crippen LogP contribution is 2.18. The van der Waals surface area contributed by atoms with Crippen LogP contribution in [0.5, 0.6) is 0 Å². The van der Waals surface area contributed by atoms with Gasteiger partial charge in [0.1, 0.15) is 0 Å². The number of aliphatic imine (C=N–C) groups is 1. The number of guanidine groups is 1. The third-order valence-electron chi connectivity index (χ3n) is 5.38. The lowest BCUT2D eigenvalue weighted by atomic mass is 10.0. The monoisotopic (exact) mass is 389 g/mol. The van der Waals surface area contributed by atoms with Gasteiger partial charge in [0.2, 0.25) is 0 Å². The van der Waals surface area contributed by atoms with E-state index < -0.39 is 0 Å². The first-order valence-corrected chi connectivity index (χ1v) is 10.4. The summed E-state index contributed by atoms with van der Waals surface area (Å²) in [5.41, 5.74) is 2.62. The maximum atomic E-state index is 5.49. The average Bonchev–Trinajstić information content (AvgIpc) is 2.68. The number of morpholine rings is 1. The Morgan fingerprint density at radius 3 is 2.39 bits per heavy atom. The Morgan fingerprint density at radius 2 is 1.82 bits per heavy atom. The summed E-state index contributed by atoms with van der Waals surface area (Å²) in [4.78, 5) is 9.61. The van der Waals surface area contributed by atoms with Crippen LogP contribution in [0.25, 0.3) is 0 Å². The Morgan fingerprint density at radius 1 is 1.18 bits per heavy atom. The molecule has 158 valence electrons. The Labute approximate surface area is 171 Å². The first-order chi connectivity index (χ1) is 13.3. The van der Waals surface area contributed by atoms with Crippen molar-refractivity contribution in [2.45, 2.75) is 39.3 Å². The van der Waals surface area contributed by atoms with Crippen molar-refractivity contribution in [1.29, 1.82) is 0 Å². The average molecular weight is 390 g/mol. The molecule has 0 radical (unpaired) electrons. The van der Waals surface area contributed by atoms with E-state index in [9.17, 15) is 0 Å². The molecule has 1 saturated heterocycles. The van der Waals surface area contributed by atoms with Gasteiger partial charge in [-0.05, 0) is 47.4 Å². The summed E-state index contributed by atoms with van der Waals surface area (Å²) >= 11 is 0. The minimum absolute atomic E-state index is 0.0179. The topological polar surface area (TPSA) is 52.1 Å². The van der Waals surface area contributed by atoms with Gasteiger partial charge < -0.3 is 20.3 Å². The van der Waals surface area contributed by atoms with Crippen LogP contribution in [-0.4, -0.2) is 81.3 Å². The number of benzene rings is 1. The molecule has 0 bridgehead atoms. The van der Waals surface area contributed by atoms with Crippen molar-refractivity contribution >= 4 is 5.96 Å². The molecule has 6 heteroatoms. The summed E-state index contributed by atoms with van der Waals surface area (Å²) in [6.07, 6.45) is 0. The van der Waals surface area contributed by atoms with Crippen LogP contribution in [0, 0.1) is 6.92 Å². The molecular formula is C22H39N5O. The molecule has 1 heterocycles. The van der Waals surface area contributed by atoms with Crippen molar-refractivity contribution in [3.8, 4) is 0 Å². The number of nitrogens with zero attached hydrogens (tertiary/aromatic N) is 3. The van der Waals surface area contributed by atoms with Gasteiger partial charge in [-0.3, -0.25) is 9.89 Å². The Bertz CT molecular complexity index is 606. The van der Waals surface area contributed by atoms with Crippen molar-refractivity contribution < 1.29 is 4.74 Å². The lowest BCUT2D eigenvalue weighted by Gasteiger charge is -2.40. The van der Waals surface area contributed by atoms with E-state index in [1.165, 1.54) is 11.1 Å². The van der Waals surface area contributed by atoms with Gasteiger partial charge in [-0.2, -0.15) is 0 Å². The fourth-order valence-corrected chi connectivity index (χ4v) is 3.46. The molecule has 1 aliphatic rings. The number of hydrogen-bond acceptors (Lipinski definition) is 4.